The maximum atomic E-state index is 12.2. The van der Waals surface area contributed by atoms with E-state index in [-0.39, 0.29) is 5.91 Å². The molecular formula is C14H13Cl2NO3. The van der Waals surface area contributed by atoms with Gasteiger partial charge in [-0.1, -0.05) is 35.4 Å². The summed E-state index contributed by atoms with van der Waals surface area (Å²) < 4.78 is 0. The number of hydrogen-bond acceptors (Lipinski definition) is 2. The number of carbonyl (C=O) groups is 2. The van der Waals surface area contributed by atoms with E-state index in [9.17, 15) is 9.59 Å². The van der Waals surface area contributed by atoms with Crippen molar-refractivity contribution in [3.8, 4) is 0 Å². The second-order valence-corrected chi connectivity index (χ2v) is 5.51. The van der Waals surface area contributed by atoms with Gasteiger partial charge < -0.3 is 10.4 Å². The van der Waals surface area contributed by atoms with Crippen molar-refractivity contribution in [3.05, 3.63) is 40.4 Å². The summed E-state index contributed by atoms with van der Waals surface area (Å²) in [5.74, 6) is -2.58. The van der Waals surface area contributed by atoms with Gasteiger partial charge >= 0.3 is 5.97 Å². The van der Waals surface area contributed by atoms with Crippen LogP contribution in [0.4, 0.5) is 5.69 Å². The molecule has 20 heavy (non-hydrogen) atoms. The maximum Gasteiger partial charge on any atom is 0.307 e. The third kappa shape index (κ3) is 3.52. The van der Waals surface area contributed by atoms with E-state index in [0.29, 0.717) is 28.6 Å². The molecule has 106 valence electrons. The Balaban J connectivity index is 2.14. The number of rotatable bonds is 3. The summed E-state index contributed by atoms with van der Waals surface area (Å²) >= 11 is 11.7. The maximum absolute atomic E-state index is 12.2. The molecule has 0 spiro atoms. The molecule has 1 amide bonds. The minimum absolute atomic E-state index is 0.333. The zero-order chi connectivity index (χ0) is 14.7. The number of anilines is 1. The van der Waals surface area contributed by atoms with Crippen LogP contribution in [0.5, 0.6) is 0 Å². The van der Waals surface area contributed by atoms with Crippen LogP contribution in [0.25, 0.3) is 0 Å². The summed E-state index contributed by atoms with van der Waals surface area (Å²) in [7, 11) is 0. The van der Waals surface area contributed by atoms with Crippen LogP contribution in [-0.4, -0.2) is 17.0 Å². The lowest BCUT2D eigenvalue weighted by Crippen LogP contribution is -2.34. The first-order chi connectivity index (χ1) is 9.47. The molecule has 0 radical (unpaired) electrons. The van der Waals surface area contributed by atoms with Crippen molar-refractivity contribution in [1.29, 1.82) is 0 Å². The predicted octanol–water partition coefficient (Wildman–Crippen LogP) is 3.60. The zero-order valence-electron chi connectivity index (χ0n) is 10.5. The number of halogens is 2. The summed E-state index contributed by atoms with van der Waals surface area (Å²) in [6, 6.07) is 4.70. The van der Waals surface area contributed by atoms with E-state index in [4.69, 9.17) is 28.3 Å². The quantitative estimate of drug-likeness (QED) is 0.838. The lowest BCUT2D eigenvalue weighted by molar-refractivity contribution is -0.146. The number of nitrogens with one attached hydrogen (secondary N) is 1. The van der Waals surface area contributed by atoms with Crippen molar-refractivity contribution >= 4 is 40.8 Å². The number of carboxylic acids is 1. The Hall–Kier alpha value is -1.52. The fraction of sp³-hybridized carbons (Fsp3) is 0.286. The van der Waals surface area contributed by atoms with Gasteiger partial charge in [-0.15, -0.1) is 0 Å². The summed E-state index contributed by atoms with van der Waals surface area (Å²) in [6.45, 7) is 0. The molecule has 0 aromatic heterocycles. The molecule has 2 N–H and O–H groups in total. The van der Waals surface area contributed by atoms with Crippen molar-refractivity contribution in [2.75, 3.05) is 5.32 Å². The monoisotopic (exact) mass is 313 g/mol. The predicted molar refractivity (Wildman–Crippen MR) is 78.1 cm³/mol. The molecule has 1 aliphatic carbocycles. The van der Waals surface area contributed by atoms with E-state index in [2.05, 4.69) is 5.32 Å². The Labute approximate surface area is 126 Å². The SMILES string of the molecule is O=C(O)[C@H]1CC=CC[C@H]1C(=O)Nc1cc(Cl)cc(Cl)c1. The van der Waals surface area contributed by atoms with Crippen LogP contribution in [0.2, 0.25) is 10.0 Å². The Bertz CT molecular complexity index is 551. The van der Waals surface area contributed by atoms with E-state index in [1.807, 2.05) is 6.08 Å². The van der Waals surface area contributed by atoms with E-state index < -0.39 is 17.8 Å². The van der Waals surface area contributed by atoms with Crippen molar-refractivity contribution in [1.82, 2.24) is 0 Å². The van der Waals surface area contributed by atoms with Crippen molar-refractivity contribution < 1.29 is 14.7 Å². The van der Waals surface area contributed by atoms with E-state index in [0.717, 1.165) is 0 Å². The lowest BCUT2D eigenvalue weighted by Gasteiger charge is -2.24. The van der Waals surface area contributed by atoms with E-state index in [1.165, 1.54) is 0 Å². The van der Waals surface area contributed by atoms with Gasteiger partial charge in [-0.2, -0.15) is 0 Å². The number of aliphatic carboxylic acids is 1. The number of carboxylic acid groups (broad SMARTS) is 1. The smallest absolute Gasteiger partial charge is 0.307 e. The Morgan fingerprint density at radius 3 is 2.15 bits per heavy atom. The van der Waals surface area contributed by atoms with Gasteiger partial charge in [0.15, 0.2) is 0 Å². The highest BCUT2D eigenvalue weighted by molar-refractivity contribution is 6.35. The van der Waals surface area contributed by atoms with Gasteiger partial charge in [-0.3, -0.25) is 9.59 Å². The molecule has 0 aliphatic heterocycles. The van der Waals surface area contributed by atoms with Gasteiger partial charge in [0.2, 0.25) is 5.91 Å². The molecule has 0 heterocycles. The third-order valence-corrected chi connectivity index (χ3v) is 3.65. The summed E-state index contributed by atoms with van der Waals surface area (Å²) in [5, 5.41) is 12.6. The highest BCUT2D eigenvalue weighted by atomic mass is 35.5. The molecule has 2 rings (SSSR count). The number of amides is 1. The molecule has 0 unspecified atom stereocenters. The fourth-order valence-electron chi connectivity index (χ4n) is 2.24. The summed E-state index contributed by atoms with van der Waals surface area (Å²) in [5.41, 5.74) is 0.464. The fourth-order valence-corrected chi connectivity index (χ4v) is 2.76. The largest absolute Gasteiger partial charge is 0.481 e. The zero-order valence-corrected chi connectivity index (χ0v) is 12.0. The number of benzene rings is 1. The first-order valence-electron chi connectivity index (χ1n) is 6.12. The lowest BCUT2D eigenvalue weighted by atomic mass is 9.82. The van der Waals surface area contributed by atoms with Gasteiger partial charge in [0, 0.05) is 15.7 Å². The molecule has 0 bridgehead atoms. The van der Waals surface area contributed by atoms with Gasteiger partial charge in [0.05, 0.1) is 11.8 Å². The minimum Gasteiger partial charge on any atom is -0.481 e. The molecular weight excluding hydrogens is 301 g/mol. The number of carbonyl (C=O) groups excluding carboxylic acids is 1. The highest BCUT2D eigenvalue weighted by Crippen LogP contribution is 2.28. The average Bonchev–Trinajstić information content (AvgIpc) is 2.37. The third-order valence-electron chi connectivity index (χ3n) is 3.22. The van der Waals surface area contributed by atoms with Crippen molar-refractivity contribution in [3.63, 3.8) is 0 Å². The molecule has 0 fully saturated rings. The van der Waals surface area contributed by atoms with Gasteiger partial charge in [0.25, 0.3) is 0 Å². The highest BCUT2D eigenvalue weighted by Gasteiger charge is 2.33. The Kier molecular flexibility index (Phi) is 4.68. The molecule has 1 aliphatic rings. The topological polar surface area (TPSA) is 66.4 Å². The van der Waals surface area contributed by atoms with Gasteiger partial charge in [-0.25, -0.2) is 0 Å². The molecule has 0 saturated carbocycles. The second kappa shape index (κ2) is 6.29. The molecule has 2 atom stereocenters. The average molecular weight is 314 g/mol. The van der Waals surface area contributed by atoms with Crippen molar-refractivity contribution in [2.24, 2.45) is 11.8 Å². The second-order valence-electron chi connectivity index (χ2n) is 4.64. The van der Waals surface area contributed by atoms with E-state index >= 15 is 0 Å². The van der Waals surface area contributed by atoms with E-state index in [1.54, 1.807) is 24.3 Å². The normalized spacial score (nSPS) is 21.5. The van der Waals surface area contributed by atoms with Gasteiger partial charge in [-0.05, 0) is 31.0 Å². The Morgan fingerprint density at radius 1 is 1.05 bits per heavy atom. The van der Waals surface area contributed by atoms with Gasteiger partial charge in [0.1, 0.15) is 0 Å². The molecule has 0 saturated heterocycles. The van der Waals surface area contributed by atoms with Crippen LogP contribution in [0.15, 0.2) is 30.4 Å². The first-order valence-corrected chi connectivity index (χ1v) is 6.87. The molecule has 4 nitrogen and oxygen atoms in total. The van der Waals surface area contributed by atoms with Crippen LogP contribution in [-0.2, 0) is 9.59 Å². The molecule has 6 heteroatoms. The Morgan fingerprint density at radius 2 is 1.60 bits per heavy atom. The summed E-state index contributed by atoms with van der Waals surface area (Å²) in [6.07, 6.45) is 4.40. The van der Waals surface area contributed by atoms with Crippen LogP contribution in [0, 0.1) is 11.8 Å². The number of allylic oxidation sites excluding steroid dienone is 2. The summed E-state index contributed by atoms with van der Waals surface area (Å²) in [4.78, 5) is 23.4. The minimum atomic E-state index is -0.960. The number of hydrogen-bond donors (Lipinski definition) is 2. The van der Waals surface area contributed by atoms with Crippen LogP contribution in [0.3, 0.4) is 0 Å². The van der Waals surface area contributed by atoms with Crippen LogP contribution >= 0.6 is 23.2 Å². The van der Waals surface area contributed by atoms with Crippen molar-refractivity contribution in [2.45, 2.75) is 12.8 Å². The molecule has 1 aromatic rings. The van der Waals surface area contributed by atoms with Crippen LogP contribution < -0.4 is 5.32 Å². The molecule has 1 aromatic carbocycles. The standard InChI is InChI=1S/C14H13Cl2NO3/c15-8-5-9(16)7-10(6-8)17-13(18)11-3-1-2-4-12(11)14(19)20/h1-2,5-7,11-12H,3-4H2,(H,17,18)(H,19,20)/t11-,12+/m1/s1. The first kappa shape index (κ1) is 14.9. The van der Waals surface area contributed by atoms with Crippen LogP contribution in [0.1, 0.15) is 12.8 Å².